The zero-order valence-electron chi connectivity index (χ0n) is 14.2. The Morgan fingerprint density at radius 3 is 2.44 bits per heavy atom. The number of hydrogen-bond acceptors (Lipinski definition) is 4. The molecule has 4 nitrogen and oxygen atoms in total. The van der Waals surface area contributed by atoms with Crippen LogP contribution in [0.5, 0.6) is 5.75 Å². The SMILES string of the molecule is COc1ccc(C2CC(c3cccnc3)NN2c2ccccc2)cc1. The van der Waals surface area contributed by atoms with Crippen molar-refractivity contribution in [3.63, 3.8) is 0 Å². The zero-order valence-corrected chi connectivity index (χ0v) is 14.2. The Labute approximate surface area is 148 Å². The van der Waals surface area contributed by atoms with Gasteiger partial charge < -0.3 is 9.75 Å². The van der Waals surface area contributed by atoms with Gasteiger partial charge in [-0.15, -0.1) is 0 Å². The fourth-order valence-electron chi connectivity index (χ4n) is 3.39. The standard InChI is InChI=1S/C21H21N3O/c1-25-19-11-9-16(10-12-19)21-14-20(17-6-5-13-22-15-17)23-24(21)18-7-3-2-4-8-18/h2-13,15,20-21,23H,14H2,1H3. The summed E-state index contributed by atoms with van der Waals surface area (Å²) >= 11 is 0. The van der Waals surface area contributed by atoms with E-state index in [1.165, 1.54) is 11.1 Å². The predicted molar refractivity (Wildman–Crippen MR) is 99.4 cm³/mol. The Balaban J connectivity index is 1.68. The molecule has 1 fully saturated rings. The highest BCUT2D eigenvalue weighted by atomic mass is 16.5. The van der Waals surface area contributed by atoms with E-state index in [0.717, 1.165) is 17.9 Å². The minimum Gasteiger partial charge on any atom is -0.497 e. The Morgan fingerprint density at radius 1 is 0.960 bits per heavy atom. The second-order valence-corrected chi connectivity index (χ2v) is 6.20. The molecule has 25 heavy (non-hydrogen) atoms. The van der Waals surface area contributed by atoms with Crippen molar-refractivity contribution in [1.29, 1.82) is 0 Å². The van der Waals surface area contributed by atoms with Crippen LogP contribution in [0.4, 0.5) is 5.69 Å². The Hall–Kier alpha value is -2.85. The van der Waals surface area contributed by atoms with Gasteiger partial charge in [0.1, 0.15) is 5.75 Å². The molecule has 0 spiro atoms. The lowest BCUT2D eigenvalue weighted by molar-refractivity contribution is 0.414. The minimum atomic E-state index is 0.237. The summed E-state index contributed by atoms with van der Waals surface area (Å²) in [4.78, 5) is 4.27. The lowest BCUT2D eigenvalue weighted by Crippen LogP contribution is -2.33. The molecule has 0 radical (unpaired) electrons. The van der Waals surface area contributed by atoms with Gasteiger partial charge in [0.25, 0.3) is 0 Å². The molecule has 0 saturated carbocycles. The maximum Gasteiger partial charge on any atom is 0.118 e. The minimum absolute atomic E-state index is 0.237. The second kappa shape index (κ2) is 6.95. The van der Waals surface area contributed by atoms with Crippen molar-refractivity contribution in [2.24, 2.45) is 0 Å². The molecular weight excluding hydrogens is 310 g/mol. The molecule has 1 saturated heterocycles. The maximum absolute atomic E-state index is 5.30. The molecule has 1 aliphatic rings. The molecule has 1 aliphatic heterocycles. The van der Waals surface area contributed by atoms with Crippen LogP contribution in [0.2, 0.25) is 0 Å². The number of nitrogens with zero attached hydrogens (tertiary/aromatic N) is 2. The van der Waals surface area contributed by atoms with Crippen LogP contribution in [0.25, 0.3) is 0 Å². The van der Waals surface area contributed by atoms with Crippen LogP contribution in [0.3, 0.4) is 0 Å². The normalized spacial score (nSPS) is 19.8. The van der Waals surface area contributed by atoms with E-state index < -0.39 is 0 Å². The van der Waals surface area contributed by atoms with Gasteiger partial charge in [-0.25, -0.2) is 5.43 Å². The van der Waals surface area contributed by atoms with E-state index in [2.05, 4.69) is 57.9 Å². The van der Waals surface area contributed by atoms with Gasteiger partial charge in [0.05, 0.1) is 24.9 Å². The smallest absolute Gasteiger partial charge is 0.118 e. The van der Waals surface area contributed by atoms with E-state index in [-0.39, 0.29) is 12.1 Å². The van der Waals surface area contributed by atoms with Crippen molar-refractivity contribution < 1.29 is 4.74 Å². The summed E-state index contributed by atoms with van der Waals surface area (Å²) in [7, 11) is 1.70. The maximum atomic E-state index is 5.30. The first-order chi connectivity index (χ1) is 12.3. The molecule has 126 valence electrons. The van der Waals surface area contributed by atoms with Gasteiger partial charge in [-0.2, -0.15) is 0 Å². The second-order valence-electron chi connectivity index (χ2n) is 6.20. The third-order valence-electron chi connectivity index (χ3n) is 4.69. The van der Waals surface area contributed by atoms with Gasteiger partial charge >= 0.3 is 0 Å². The van der Waals surface area contributed by atoms with Crippen LogP contribution in [-0.2, 0) is 0 Å². The van der Waals surface area contributed by atoms with Crippen molar-refractivity contribution in [3.05, 3.63) is 90.3 Å². The lowest BCUT2D eigenvalue weighted by atomic mass is 9.98. The summed E-state index contributed by atoms with van der Waals surface area (Å²) < 4.78 is 5.30. The summed E-state index contributed by atoms with van der Waals surface area (Å²) in [6.45, 7) is 0. The first kappa shape index (κ1) is 15.7. The molecule has 2 heterocycles. The van der Waals surface area contributed by atoms with Gasteiger partial charge in [-0.1, -0.05) is 36.4 Å². The van der Waals surface area contributed by atoms with Crippen molar-refractivity contribution in [2.45, 2.75) is 18.5 Å². The molecule has 4 rings (SSSR count). The number of methoxy groups -OCH3 is 1. The highest BCUT2D eigenvalue weighted by Crippen LogP contribution is 2.39. The Morgan fingerprint density at radius 2 is 1.76 bits per heavy atom. The lowest BCUT2D eigenvalue weighted by Gasteiger charge is -2.27. The summed E-state index contributed by atoms with van der Waals surface area (Å²) in [5.41, 5.74) is 7.30. The van der Waals surface area contributed by atoms with Crippen LogP contribution in [0.1, 0.15) is 29.6 Å². The molecule has 0 bridgehead atoms. The number of rotatable bonds is 4. The van der Waals surface area contributed by atoms with Gasteiger partial charge in [0.2, 0.25) is 0 Å². The zero-order chi connectivity index (χ0) is 17.1. The number of ether oxygens (including phenoxy) is 1. The van der Waals surface area contributed by atoms with Crippen molar-refractivity contribution >= 4 is 5.69 Å². The van der Waals surface area contributed by atoms with Gasteiger partial charge in [0.15, 0.2) is 0 Å². The van der Waals surface area contributed by atoms with Gasteiger partial charge in [-0.05, 0) is 47.9 Å². The fourth-order valence-corrected chi connectivity index (χ4v) is 3.39. The van der Waals surface area contributed by atoms with E-state index in [4.69, 9.17) is 4.74 Å². The van der Waals surface area contributed by atoms with Crippen molar-refractivity contribution in [1.82, 2.24) is 10.4 Å². The third kappa shape index (κ3) is 3.21. The molecular formula is C21H21N3O. The third-order valence-corrected chi connectivity index (χ3v) is 4.69. The molecule has 2 atom stereocenters. The predicted octanol–water partition coefficient (Wildman–Crippen LogP) is 4.29. The van der Waals surface area contributed by atoms with E-state index in [1.807, 2.05) is 36.7 Å². The molecule has 1 N–H and O–H groups in total. The summed E-state index contributed by atoms with van der Waals surface area (Å²) in [6.07, 6.45) is 4.73. The number of benzene rings is 2. The summed E-state index contributed by atoms with van der Waals surface area (Å²) in [5, 5.41) is 2.26. The van der Waals surface area contributed by atoms with Crippen molar-refractivity contribution in [2.75, 3.05) is 12.1 Å². The number of hydrogen-bond donors (Lipinski definition) is 1. The molecule has 0 aliphatic carbocycles. The highest BCUT2D eigenvalue weighted by molar-refractivity contribution is 5.50. The average Bonchev–Trinajstić information content (AvgIpc) is 3.15. The molecule has 4 heteroatoms. The summed E-state index contributed by atoms with van der Waals surface area (Å²) in [5.74, 6) is 0.879. The molecule has 1 aromatic heterocycles. The highest BCUT2D eigenvalue weighted by Gasteiger charge is 2.33. The topological polar surface area (TPSA) is 37.4 Å². The fraction of sp³-hybridized carbons (Fsp3) is 0.190. The first-order valence-electron chi connectivity index (χ1n) is 8.49. The molecule has 3 aromatic rings. The van der Waals surface area contributed by atoms with Crippen LogP contribution in [0.15, 0.2) is 79.1 Å². The van der Waals surface area contributed by atoms with Gasteiger partial charge in [-0.3, -0.25) is 4.98 Å². The van der Waals surface area contributed by atoms with Gasteiger partial charge in [0, 0.05) is 12.4 Å². The van der Waals surface area contributed by atoms with E-state index in [9.17, 15) is 0 Å². The largest absolute Gasteiger partial charge is 0.497 e. The van der Waals surface area contributed by atoms with E-state index >= 15 is 0 Å². The van der Waals surface area contributed by atoms with E-state index in [0.29, 0.717) is 0 Å². The number of pyridine rings is 1. The Bertz CT molecular complexity index is 806. The number of nitrogens with one attached hydrogen (secondary N) is 1. The van der Waals surface area contributed by atoms with Crippen LogP contribution < -0.4 is 15.2 Å². The average molecular weight is 331 g/mol. The van der Waals surface area contributed by atoms with Crippen molar-refractivity contribution in [3.8, 4) is 5.75 Å². The van der Waals surface area contributed by atoms with Crippen LogP contribution >= 0.6 is 0 Å². The van der Waals surface area contributed by atoms with Crippen LogP contribution in [-0.4, -0.2) is 12.1 Å². The molecule has 2 unspecified atom stereocenters. The first-order valence-corrected chi connectivity index (χ1v) is 8.49. The van der Waals surface area contributed by atoms with E-state index in [1.54, 1.807) is 7.11 Å². The number of aromatic nitrogens is 1. The van der Waals surface area contributed by atoms with Crippen LogP contribution in [0, 0.1) is 0 Å². The Kier molecular flexibility index (Phi) is 4.36. The quantitative estimate of drug-likeness (QED) is 0.774. The molecule has 0 amide bonds. The number of para-hydroxylation sites is 1. The monoisotopic (exact) mass is 331 g/mol. The summed E-state index contributed by atoms with van der Waals surface area (Å²) in [6, 6.07) is 23.4. The number of hydrazine groups is 1. The number of anilines is 1. The molecule has 2 aromatic carbocycles.